The molecule has 0 aromatic heterocycles. The number of esters is 1. The van der Waals surface area contributed by atoms with E-state index >= 15 is 0 Å². The molecule has 1 unspecified atom stereocenters. The Morgan fingerprint density at radius 3 is 2.38 bits per heavy atom. The van der Waals surface area contributed by atoms with Crippen molar-refractivity contribution in [3.05, 3.63) is 0 Å². The number of nitrogens with one attached hydrogen (secondary N) is 1. The first kappa shape index (κ1) is 17.2. The monoisotopic (exact) mass is 336 g/mol. The van der Waals surface area contributed by atoms with E-state index < -0.39 is 0 Å². The van der Waals surface area contributed by atoms with Gasteiger partial charge in [-0.15, -0.1) is 0 Å². The van der Waals surface area contributed by atoms with Crippen molar-refractivity contribution in [3.63, 3.8) is 0 Å². The summed E-state index contributed by atoms with van der Waals surface area (Å²) in [5.74, 6) is 0.484. The highest BCUT2D eigenvalue weighted by atomic mass is 16.5. The summed E-state index contributed by atoms with van der Waals surface area (Å²) in [6.07, 6.45) is 6.78. The Bertz CT molecular complexity index is 487. The molecule has 1 aliphatic heterocycles. The third kappa shape index (κ3) is 4.48. The summed E-state index contributed by atoms with van der Waals surface area (Å²) in [5.41, 5.74) is 0. The molecule has 3 rings (SSSR count). The molecule has 3 fully saturated rings. The number of ether oxygens (including phenoxy) is 1. The highest BCUT2D eigenvalue weighted by Gasteiger charge is 2.42. The maximum atomic E-state index is 12.2. The number of piperidine rings is 1. The van der Waals surface area contributed by atoms with E-state index in [1.807, 2.05) is 6.92 Å². The van der Waals surface area contributed by atoms with E-state index in [2.05, 4.69) is 5.32 Å². The Morgan fingerprint density at radius 1 is 1.12 bits per heavy atom. The average Bonchev–Trinajstić information content (AvgIpc) is 3.49. The first-order valence-electron chi connectivity index (χ1n) is 9.32. The molecule has 0 aromatic carbocycles. The van der Waals surface area contributed by atoms with Crippen molar-refractivity contribution in [3.8, 4) is 0 Å². The molecule has 2 amide bonds. The van der Waals surface area contributed by atoms with Crippen LogP contribution in [0.4, 0.5) is 0 Å². The van der Waals surface area contributed by atoms with E-state index in [1.54, 1.807) is 4.90 Å². The van der Waals surface area contributed by atoms with Crippen LogP contribution in [0.1, 0.15) is 51.9 Å². The van der Waals surface area contributed by atoms with Crippen molar-refractivity contribution >= 4 is 17.8 Å². The van der Waals surface area contributed by atoms with Crippen LogP contribution in [0.2, 0.25) is 0 Å². The van der Waals surface area contributed by atoms with Gasteiger partial charge in [-0.3, -0.25) is 14.4 Å². The molecule has 0 radical (unpaired) electrons. The van der Waals surface area contributed by atoms with Crippen LogP contribution in [0.15, 0.2) is 0 Å². The first-order valence-corrected chi connectivity index (χ1v) is 9.32. The number of amides is 2. The van der Waals surface area contributed by atoms with Gasteiger partial charge in [-0.1, -0.05) is 6.92 Å². The summed E-state index contributed by atoms with van der Waals surface area (Å²) in [5, 5.41) is 3.05. The van der Waals surface area contributed by atoms with E-state index in [-0.39, 0.29) is 36.4 Å². The van der Waals surface area contributed by atoms with Crippen LogP contribution < -0.4 is 5.32 Å². The molecular weight excluding hydrogens is 308 g/mol. The number of hydrogen-bond donors (Lipinski definition) is 1. The fourth-order valence-electron chi connectivity index (χ4n) is 3.63. The second kappa shape index (κ2) is 7.53. The molecule has 0 aromatic rings. The second-order valence-electron chi connectivity index (χ2n) is 7.41. The molecule has 0 bridgehead atoms. The second-order valence-corrected chi connectivity index (χ2v) is 7.41. The maximum absolute atomic E-state index is 12.2. The standard InChI is InChI=1S/C18H28N2O4/c1-2-16(22)20-9-3-4-14(10-20)18(23)24-11-15(21)19-17(12-5-6-12)13-7-8-13/h12-14,17H,2-11H2,1H3,(H,19,21). The van der Waals surface area contributed by atoms with Gasteiger partial charge < -0.3 is 15.0 Å². The predicted molar refractivity (Wildman–Crippen MR) is 87.9 cm³/mol. The number of likely N-dealkylation sites (tertiary alicyclic amines) is 1. The predicted octanol–water partition coefficient (Wildman–Crippen LogP) is 1.48. The molecule has 2 aliphatic carbocycles. The Labute approximate surface area is 143 Å². The number of nitrogens with zero attached hydrogens (tertiary/aromatic N) is 1. The molecule has 134 valence electrons. The summed E-state index contributed by atoms with van der Waals surface area (Å²) in [4.78, 5) is 37.8. The summed E-state index contributed by atoms with van der Waals surface area (Å²) < 4.78 is 5.22. The molecule has 1 heterocycles. The lowest BCUT2D eigenvalue weighted by Crippen LogP contribution is -2.44. The van der Waals surface area contributed by atoms with Crippen molar-refractivity contribution in [2.45, 2.75) is 57.9 Å². The number of hydrogen-bond acceptors (Lipinski definition) is 4. The van der Waals surface area contributed by atoms with Gasteiger partial charge >= 0.3 is 5.97 Å². The molecular formula is C18H28N2O4. The Morgan fingerprint density at radius 2 is 1.79 bits per heavy atom. The molecule has 6 heteroatoms. The van der Waals surface area contributed by atoms with Gasteiger partial charge in [-0.25, -0.2) is 0 Å². The minimum absolute atomic E-state index is 0.0713. The molecule has 6 nitrogen and oxygen atoms in total. The Hall–Kier alpha value is -1.59. The van der Waals surface area contributed by atoms with Gasteiger partial charge in [0.2, 0.25) is 5.91 Å². The van der Waals surface area contributed by atoms with Crippen LogP contribution in [-0.4, -0.2) is 48.4 Å². The summed E-state index contributed by atoms with van der Waals surface area (Å²) in [6, 6.07) is 0.281. The van der Waals surface area contributed by atoms with Gasteiger partial charge in [-0.2, -0.15) is 0 Å². The van der Waals surface area contributed by atoms with Crippen molar-refractivity contribution in [2.75, 3.05) is 19.7 Å². The van der Waals surface area contributed by atoms with Gasteiger partial charge in [0, 0.05) is 25.6 Å². The molecule has 0 spiro atoms. The summed E-state index contributed by atoms with van der Waals surface area (Å²) in [6.45, 7) is 2.75. The fourth-order valence-corrected chi connectivity index (χ4v) is 3.63. The van der Waals surface area contributed by atoms with Crippen LogP contribution in [0, 0.1) is 17.8 Å². The van der Waals surface area contributed by atoms with Crippen LogP contribution in [0.3, 0.4) is 0 Å². The maximum Gasteiger partial charge on any atom is 0.311 e. The Kier molecular flexibility index (Phi) is 5.41. The van der Waals surface area contributed by atoms with Crippen LogP contribution in [0.5, 0.6) is 0 Å². The molecule has 1 saturated heterocycles. The van der Waals surface area contributed by atoms with Crippen molar-refractivity contribution < 1.29 is 19.1 Å². The fraction of sp³-hybridized carbons (Fsp3) is 0.833. The Balaban J connectivity index is 1.41. The van der Waals surface area contributed by atoms with Gasteiger partial charge in [0.1, 0.15) is 0 Å². The summed E-state index contributed by atoms with van der Waals surface area (Å²) >= 11 is 0. The molecule has 2 saturated carbocycles. The van der Waals surface area contributed by atoms with Crippen molar-refractivity contribution in [1.82, 2.24) is 10.2 Å². The highest BCUT2D eigenvalue weighted by Crippen LogP contribution is 2.44. The SMILES string of the molecule is CCC(=O)N1CCCC(C(=O)OCC(=O)NC(C2CC2)C2CC2)C1. The van der Waals surface area contributed by atoms with E-state index in [1.165, 1.54) is 25.7 Å². The topological polar surface area (TPSA) is 75.7 Å². The third-order valence-electron chi connectivity index (χ3n) is 5.34. The number of carbonyl (C=O) groups is 3. The zero-order valence-corrected chi connectivity index (χ0v) is 14.5. The minimum atomic E-state index is -0.354. The smallest absolute Gasteiger partial charge is 0.311 e. The normalized spacial score (nSPS) is 23.9. The molecule has 1 atom stereocenters. The van der Waals surface area contributed by atoms with Gasteiger partial charge in [0.15, 0.2) is 6.61 Å². The van der Waals surface area contributed by atoms with E-state index in [0.717, 1.165) is 12.8 Å². The van der Waals surface area contributed by atoms with Crippen LogP contribution in [-0.2, 0) is 19.1 Å². The molecule has 3 aliphatic rings. The summed E-state index contributed by atoms with van der Waals surface area (Å²) in [7, 11) is 0. The quantitative estimate of drug-likeness (QED) is 0.715. The number of carbonyl (C=O) groups excluding carboxylic acids is 3. The zero-order chi connectivity index (χ0) is 17.1. The molecule has 1 N–H and O–H groups in total. The third-order valence-corrected chi connectivity index (χ3v) is 5.34. The lowest BCUT2D eigenvalue weighted by atomic mass is 9.98. The zero-order valence-electron chi connectivity index (χ0n) is 14.5. The van der Waals surface area contributed by atoms with Crippen molar-refractivity contribution in [2.24, 2.45) is 17.8 Å². The van der Waals surface area contributed by atoms with E-state index in [9.17, 15) is 14.4 Å². The average molecular weight is 336 g/mol. The lowest BCUT2D eigenvalue weighted by Gasteiger charge is -2.31. The van der Waals surface area contributed by atoms with E-state index in [0.29, 0.717) is 31.3 Å². The highest BCUT2D eigenvalue weighted by molar-refractivity contribution is 5.82. The lowest BCUT2D eigenvalue weighted by molar-refractivity contribution is -0.155. The van der Waals surface area contributed by atoms with Gasteiger partial charge in [0.25, 0.3) is 5.91 Å². The van der Waals surface area contributed by atoms with Crippen molar-refractivity contribution in [1.29, 1.82) is 0 Å². The van der Waals surface area contributed by atoms with Gasteiger partial charge in [0.05, 0.1) is 5.92 Å². The molecule has 24 heavy (non-hydrogen) atoms. The van der Waals surface area contributed by atoms with Gasteiger partial charge in [-0.05, 0) is 50.4 Å². The minimum Gasteiger partial charge on any atom is -0.455 e. The first-order chi connectivity index (χ1) is 11.6. The largest absolute Gasteiger partial charge is 0.455 e. The number of rotatable bonds is 7. The van der Waals surface area contributed by atoms with Crippen LogP contribution >= 0.6 is 0 Å². The van der Waals surface area contributed by atoms with Crippen LogP contribution in [0.25, 0.3) is 0 Å². The van der Waals surface area contributed by atoms with E-state index in [4.69, 9.17) is 4.74 Å².